The summed E-state index contributed by atoms with van der Waals surface area (Å²) < 4.78 is 32.8. The summed E-state index contributed by atoms with van der Waals surface area (Å²) in [5, 5.41) is 20.5. The van der Waals surface area contributed by atoms with Gasteiger partial charge in [-0.15, -0.1) is 0 Å². The van der Waals surface area contributed by atoms with Gasteiger partial charge in [-0.1, -0.05) is 41.9 Å². The van der Waals surface area contributed by atoms with Crippen molar-refractivity contribution in [3.8, 4) is 0 Å². The summed E-state index contributed by atoms with van der Waals surface area (Å²) in [5.41, 5.74) is 6.03. The maximum absolute atomic E-state index is 13.1. The van der Waals surface area contributed by atoms with Crippen LogP contribution in [-0.2, 0) is 32.4 Å². The number of hydroxylamine groups is 2. The number of para-hydroxylation sites is 1. The minimum absolute atomic E-state index is 0.0191. The average Bonchev–Trinajstić information content (AvgIpc) is 3.35. The molecule has 3 aromatic rings. The Balaban J connectivity index is 1.29. The fourth-order valence-electron chi connectivity index (χ4n) is 4.60. The van der Waals surface area contributed by atoms with Gasteiger partial charge in [-0.25, -0.2) is 22.7 Å². The van der Waals surface area contributed by atoms with Crippen LogP contribution < -0.4 is 15.2 Å². The number of nitrogens with zero attached hydrogens (tertiary/aromatic N) is 4. The molecule has 2 N–H and O–H groups in total. The lowest BCUT2D eigenvalue weighted by Gasteiger charge is -2.30. The molecule has 13 nitrogen and oxygen atoms in total. The monoisotopic (exact) mass is 658 g/mol. The normalized spacial score (nSPS) is 14.8. The summed E-state index contributed by atoms with van der Waals surface area (Å²) in [5.74, 6) is -1.13. The molecular weight excluding hydrogens is 624 g/mol. The Morgan fingerprint density at radius 1 is 1.07 bits per heavy atom. The third-order valence-electron chi connectivity index (χ3n) is 7.30. The number of halogens is 1. The standard InChI is InChI=1S/C30H35ClN6O7S/c1-4-37(40,5-2)34-35-44-20-43-30(39)23-12-10-22(11-13-23)16-17-32-45(41,42)28-19-25(14-15-26(28)31)29(38)33-36-21(3)18-24-8-6-7-9-27(24)36/h6-15,19,21,32H,4-5,16-18,20H2,1-3H3,(H,33,38)/b35-34-. The number of amides is 1. The molecule has 15 heteroatoms. The lowest BCUT2D eigenvalue weighted by Crippen LogP contribution is -2.45. The van der Waals surface area contributed by atoms with E-state index in [2.05, 4.69) is 20.6 Å². The number of esters is 1. The molecule has 1 atom stereocenters. The number of anilines is 1. The predicted octanol–water partition coefficient (Wildman–Crippen LogP) is 4.72. The number of hydrazine groups is 1. The molecule has 1 aliphatic heterocycles. The summed E-state index contributed by atoms with van der Waals surface area (Å²) >= 11 is 6.24. The molecule has 0 spiro atoms. The molecule has 0 aromatic heterocycles. The Bertz CT molecular complexity index is 1650. The highest BCUT2D eigenvalue weighted by atomic mass is 35.5. The van der Waals surface area contributed by atoms with Crippen LogP contribution in [0.3, 0.4) is 0 Å². The van der Waals surface area contributed by atoms with Crippen LogP contribution in [0, 0.1) is 5.21 Å². The lowest BCUT2D eigenvalue weighted by molar-refractivity contribution is -0.890. The molecule has 0 saturated carbocycles. The van der Waals surface area contributed by atoms with Crippen molar-refractivity contribution in [3.63, 3.8) is 0 Å². The smallest absolute Gasteiger partial charge is 0.341 e. The lowest BCUT2D eigenvalue weighted by atomic mass is 10.1. The zero-order valence-electron chi connectivity index (χ0n) is 25.1. The number of carbonyl (C=O) groups is 2. The van der Waals surface area contributed by atoms with Crippen molar-refractivity contribution < 1.29 is 32.3 Å². The minimum atomic E-state index is -4.05. The second kappa shape index (κ2) is 14.8. The van der Waals surface area contributed by atoms with Crippen LogP contribution in [-0.4, -0.2) is 57.5 Å². The number of fused-ring (bicyclic) bond motifs is 1. The van der Waals surface area contributed by atoms with E-state index in [1.54, 1.807) is 31.0 Å². The maximum Gasteiger partial charge on any atom is 0.341 e. The van der Waals surface area contributed by atoms with E-state index in [-0.39, 0.29) is 46.7 Å². The van der Waals surface area contributed by atoms with Crippen LogP contribution in [0.25, 0.3) is 0 Å². The third kappa shape index (κ3) is 8.55. The van der Waals surface area contributed by atoms with Gasteiger partial charge in [0.2, 0.25) is 10.0 Å². The quantitative estimate of drug-likeness (QED) is 0.0628. The van der Waals surface area contributed by atoms with Crippen LogP contribution in [0.5, 0.6) is 0 Å². The van der Waals surface area contributed by atoms with Gasteiger partial charge >= 0.3 is 5.97 Å². The first-order valence-corrected chi connectivity index (χ1v) is 16.2. The molecule has 45 heavy (non-hydrogen) atoms. The summed E-state index contributed by atoms with van der Waals surface area (Å²) in [4.78, 5) is 29.9. The van der Waals surface area contributed by atoms with Crippen molar-refractivity contribution >= 4 is 39.2 Å². The van der Waals surface area contributed by atoms with Crippen LogP contribution in [0.2, 0.25) is 5.02 Å². The Morgan fingerprint density at radius 3 is 2.47 bits per heavy atom. The number of hydrogen-bond acceptors (Lipinski definition) is 10. The molecule has 0 radical (unpaired) electrons. The van der Waals surface area contributed by atoms with Gasteiger partial charge in [0.15, 0.2) is 0 Å². The molecule has 240 valence electrons. The summed E-state index contributed by atoms with van der Waals surface area (Å²) in [7, 11) is -4.05. The fraction of sp³-hybridized carbons (Fsp3) is 0.333. The number of carbonyl (C=O) groups excluding carboxylic acids is 2. The first-order chi connectivity index (χ1) is 21.5. The Morgan fingerprint density at radius 2 is 1.76 bits per heavy atom. The molecule has 1 heterocycles. The molecule has 0 fully saturated rings. The van der Waals surface area contributed by atoms with E-state index in [1.165, 1.54) is 30.3 Å². The number of hydrogen-bond donors (Lipinski definition) is 2. The number of sulfonamides is 1. The summed E-state index contributed by atoms with van der Waals surface area (Å²) in [6.45, 7) is 5.22. The van der Waals surface area contributed by atoms with Gasteiger partial charge in [0, 0.05) is 12.1 Å². The van der Waals surface area contributed by atoms with Gasteiger partial charge in [-0.05, 0) is 81.1 Å². The van der Waals surface area contributed by atoms with Crippen molar-refractivity contribution in [2.75, 3.05) is 31.4 Å². The molecule has 1 unspecified atom stereocenters. The predicted molar refractivity (Wildman–Crippen MR) is 167 cm³/mol. The van der Waals surface area contributed by atoms with Gasteiger partial charge in [0.25, 0.3) is 12.7 Å². The van der Waals surface area contributed by atoms with Crippen molar-refractivity contribution in [1.29, 1.82) is 0 Å². The van der Waals surface area contributed by atoms with Gasteiger partial charge < -0.3 is 14.8 Å². The Labute approximate surface area is 266 Å². The number of benzene rings is 3. The molecule has 3 aromatic carbocycles. The molecule has 1 aliphatic rings. The number of quaternary nitrogens is 1. The molecular formula is C30H35ClN6O7S. The van der Waals surface area contributed by atoms with Gasteiger partial charge in [-0.3, -0.25) is 15.2 Å². The zero-order valence-corrected chi connectivity index (χ0v) is 26.7. The van der Waals surface area contributed by atoms with Crippen LogP contribution >= 0.6 is 11.6 Å². The van der Waals surface area contributed by atoms with E-state index < -0.39 is 33.4 Å². The summed E-state index contributed by atoms with van der Waals surface area (Å²) in [6.07, 6.45) is 1.09. The third-order valence-corrected chi connectivity index (χ3v) is 9.24. The second-order valence-electron chi connectivity index (χ2n) is 10.3. The van der Waals surface area contributed by atoms with Crippen LogP contribution in [0.15, 0.2) is 82.1 Å². The number of ether oxygens (including phenoxy) is 1. The summed E-state index contributed by atoms with van der Waals surface area (Å²) in [6, 6.07) is 18.3. The van der Waals surface area contributed by atoms with E-state index in [1.807, 2.05) is 31.2 Å². The van der Waals surface area contributed by atoms with Gasteiger partial charge in [0.1, 0.15) is 18.0 Å². The average molecular weight is 659 g/mol. The van der Waals surface area contributed by atoms with E-state index in [0.29, 0.717) is 6.42 Å². The molecule has 0 aliphatic carbocycles. The number of nitrogens with one attached hydrogen (secondary N) is 2. The second-order valence-corrected chi connectivity index (χ2v) is 12.5. The molecule has 4 rings (SSSR count). The fourth-order valence-corrected chi connectivity index (χ4v) is 6.16. The minimum Gasteiger partial charge on any atom is -0.603 e. The Hall–Kier alpha value is -4.08. The molecule has 0 saturated heterocycles. The zero-order chi connectivity index (χ0) is 32.6. The first-order valence-electron chi connectivity index (χ1n) is 14.3. The van der Waals surface area contributed by atoms with Crippen molar-refractivity contribution in [3.05, 3.63) is 99.2 Å². The Kier molecular flexibility index (Phi) is 11.1. The SMILES string of the molecule is CC[N+]([O-])(CC)/N=N\OCOC(=O)c1ccc(CCNS(=O)(=O)c2cc(C(=O)NN3c4ccccc4CC3C)ccc2Cl)cc1. The van der Waals surface area contributed by atoms with Gasteiger partial charge in [0.05, 0.1) is 32.8 Å². The van der Waals surface area contributed by atoms with E-state index in [9.17, 15) is 23.2 Å². The van der Waals surface area contributed by atoms with Crippen molar-refractivity contribution in [2.45, 2.75) is 44.6 Å². The first kappa shape index (κ1) is 33.8. The van der Waals surface area contributed by atoms with E-state index in [4.69, 9.17) is 21.2 Å². The molecule has 1 amide bonds. The highest BCUT2D eigenvalue weighted by Gasteiger charge is 2.28. The largest absolute Gasteiger partial charge is 0.603 e. The highest BCUT2D eigenvalue weighted by Crippen LogP contribution is 2.30. The van der Waals surface area contributed by atoms with E-state index in [0.717, 1.165) is 23.2 Å². The highest BCUT2D eigenvalue weighted by molar-refractivity contribution is 7.89. The van der Waals surface area contributed by atoms with Gasteiger partial charge in [-0.2, -0.15) is 0 Å². The van der Waals surface area contributed by atoms with E-state index >= 15 is 0 Å². The maximum atomic E-state index is 13.1. The van der Waals surface area contributed by atoms with Crippen molar-refractivity contribution in [2.24, 2.45) is 10.5 Å². The topological polar surface area (TPSA) is 162 Å². The van der Waals surface area contributed by atoms with Crippen molar-refractivity contribution in [1.82, 2.24) is 10.1 Å². The number of rotatable bonds is 14. The molecule has 0 bridgehead atoms. The van der Waals surface area contributed by atoms with Crippen LogP contribution in [0.1, 0.15) is 52.6 Å². The van der Waals surface area contributed by atoms with Crippen LogP contribution in [0.4, 0.5) is 5.69 Å².